The molecule has 0 amide bonds. The SMILES string of the molecule is ISc1ccc(-c2ccc3ccc(-c4ccc(-c5cnc6ccccc6c5)nc4)cc3c2)cc1. The fraction of sp³-hybridized carbons (Fsp3) is 0. The molecule has 0 N–H and O–H groups in total. The molecule has 0 saturated carbocycles. The predicted molar refractivity (Wildman–Crippen MR) is 153 cm³/mol. The summed E-state index contributed by atoms with van der Waals surface area (Å²) in [6, 6.07) is 36.5. The molecular weight excluding hydrogens is 547 g/mol. The highest BCUT2D eigenvalue weighted by Crippen LogP contribution is 2.31. The van der Waals surface area contributed by atoms with E-state index >= 15 is 0 Å². The Balaban J connectivity index is 1.32. The Morgan fingerprint density at radius 3 is 1.88 bits per heavy atom. The van der Waals surface area contributed by atoms with Gasteiger partial charge in [0, 0.05) is 55.0 Å². The first-order chi connectivity index (χ1) is 16.8. The standard InChI is InChI=1S/C30H19IN2S/c31-34-28-12-9-20(10-13-28)22-7-5-21-6-8-23(16-26(21)15-22)25-11-14-30(32-18-25)27-17-24-3-1-2-4-29(24)33-19-27/h1-19H. The molecule has 6 rings (SSSR count). The minimum atomic E-state index is 0.929. The van der Waals surface area contributed by atoms with E-state index in [2.05, 4.69) is 111 Å². The average molecular weight is 566 g/mol. The van der Waals surface area contributed by atoms with Crippen LogP contribution in [-0.2, 0) is 0 Å². The molecule has 4 aromatic carbocycles. The monoisotopic (exact) mass is 566 g/mol. The van der Waals surface area contributed by atoms with Gasteiger partial charge < -0.3 is 0 Å². The summed E-state index contributed by atoms with van der Waals surface area (Å²) in [5, 5.41) is 3.59. The second-order valence-electron chi connectivity index (χ2n) is 8.23. The van der Waals surface area contributed by atoms with Crippen molar-refractivity contribution in [2.75, 3.05) is 0 Å². The summed E-state index contributed by atoms with van der Waals surface area (Å²) in [5.74, 6) is 0. The summed E-state index contributed by atoms with van der Waals surface area (Å²) in [6.07, 6.45) is 3.85. The molecule has 0 saturated heterocycles. The van der Waals surface area contributed by atoms with Crippen LogP contribution in [0.4, 0.5) is 0 Å². The zero-order valence-corrected chi connectivity index (χ0v) is 21.1. The van der Waals surface area contributed by atoms with Gasteiger partial charge in [0.2, 0.25) is 0 Å². The van der Waals surface area contributed by atoms with Gasteiger partial charge in [-0.25, -0.2) is 0 Å². The van der Waals surface area contributed by atoms with Crippen LogP contribution in [0.15, 0.2) is 120 Å². The predicted octanol–water partition coefficient (Wildman–Crippen LogP) is 9.23. The average Bonchev–Trinajstić information content (AvgIpc) is 2.92. The number of pyridine rings is 2. The molecule has 0 radical (unpaired) electrons. The minimum absolute atomic E-state index is 0.929. The zero-order valence-electron chi connectivity index (χ0n) is 18.2. The summed E-state index contributed by atoms with van der Waals surface area (Å²) in [4.78, 5) is 10.6. The number of rotatable bonds is 4. The largest absolute Gasteiger partial charge is 0.256 e. The molecule has 34 heavy (non-hydrogen) atoms. The third-order valence-electron chi connectivity index (χ3n) is 6.10. The lowest BCUT2D eigenvalue weighted by atomic mass is 9.98. The van der Waals surface area contributed by atoms with Crippen molar-refractivity contribution in [3.63, 3.8) is 0 Å². The molecule has 0 aliphatic carbocycles. The molecule has 0 aliphatic heterocycles. The number of halogens is 1. The van der Waals surface area contributed by atoms with Gasteiger partial charge in [0.25, 0.3) is 0 Å². The third kappa shape index (κ3) is 4.19. The Morgan fingerprint density at radius 2 is 1.15 bits per heavy atom. The molecule has 6 aromatic rings. The van der Waals surface area contributed by atoms with E-state index in [1.54, 1.807) is 8.93 Å². The van der Waals surface area contributed by atoms with E-state index < -0.39 is 0 Å². The molecule has 0 fully saturated rings. The minimum Gasteiger partial charge on any atom is -0.256 e. The molecule has 0 aliphatic rings. The molecule has 162 valence electrons. The van der Waals surface area contributed by atoms with E-state index in [0.717, 1.165) is 33.3 Å². The maximum absolute atomic E-state index is 4.75. The summed E-state index contributed by atoms with van der Waals surface area (Å²) >= 11 is 2.32. The molecule has 0 unspecified atom stereocenters. The van der Waals surface area contributed by atoms with Gasteiger partial charge in [-0.3, -0.25) is 9.97 Å². The van der Waals surface area contributed by atoms with Crippen LogP contribution >= 0.6 is 30.1 Å². The van der Waals surface area contributed by atoms with E-state index in [4.69, 9.17) is 4.98 Å². The van der Waals surface area contributed by atoms with Crippen LogP contribution < -0.4 is 0 Å². The quantitative estimate of drug-likeness (QED) is 0.199. The first-order valence-corrected chi connectivity index (χ1v) is 14.4. The maximum Gasteiger partial charge on any atom is 0.0718 e. The Bertz CT molecular complexity index is 1630. The van der Waals surface area contributed by atoms with Gasteiger partial charge in [0.1, 0.15) is 0 Å². The van der Waals surface area contributed by atoms with Crippen LogP contribution in [0, 0.1) is 0 Å². The van der Waals surface area contributed by atoms with Crippen molar-refractivity contribution in [1.82, 2.24) is 9.97 Å². The molecule has 0 bridgehead atoms. The highest BCUT2D eigenvalue weighted by Gasteiger charge is 2.06. The number of fused-ring (bicyclic) bond motifs is 2. The van der Waals surface area contributed by atoms with Gasteiger partial charge in [0.15, 0.2) is 0 Å². The second-order valence-corrected chi connectivity index (χ2v) is 10.2. The van der Waals surface area contributed by atoms with Crippen molar-refractivity contribution in [2.45, 2.75) is 4.90 Å². The van der Waals surface area contributed by atoms with Gasteiger partial charge >= 0.3 is 0 Å². The Morgan fingerprint density at radius 1 is 0.500 bits per heavy atom. The van der Waals surface area contributed by atoms with Crippen LogP contribution in [0.2, 0.25) is 0 Å². The van der Waals surface area contributed by atoms with Crippen LogP contribution in [0.25, 0.3) is 55.2 Å². The number of hydrogen-bond acceptors (Lipinski definition) is 3. The molecular formula is C30H19IN2S. The van der Waals surface area contributed by atoms with Crippen molar-refractivity contribution in [3.05, 3.63) is 116 Å². The second kappa shape index (κ2) is 9.20. The number of aromatic nitrogens is 2. The first-order valence-electron chi connectivity index (χ1n) is 11.0. The molecule has 2 heterocycles. The van der Waals surface area contributed by atoms with E-state index in [9.17, 15) is 0 Å². The molecule has 2 nitrogen and oxygen atoms in total. The van der Waals surface area contributed by atoms with Crippen molar-refractivity contribution in [2.24, 2.45) is 0 Å². The van der Waals surface area contributed by atoms with Crippen LogP contribution in [0.3, 0.4) is 0 Å². The van der Waals surface area contributed by atoms with Crippen molar-refractivity contribution in [3.8, 4) is 33.5 Å². The summed E-state index contributed by atoms with van der Waals surface area (Å²) in [5.41, 5.74) is 7.69. The van der Waals surface area contributed by atoms with E-state index in [1.165, 1.54) is 26.8 Å². The number of nitrogens with zero attached hydrogens (tertiary/aromatic N) is 2. The fourth-order valence-electron chi connectivity index (χ4n) is 4.25. The Kier molecular flexibility index (Phi) is 5.77. The Labute approximate surface area is 214 Å². The van der Waals surface area contributed by atoms with E-state index in [1.807, 2.05) is 30.6 Å². The van der Waals surface area contributed by atoms with Gasteiger partial charge in [-0.05, 0) is 69.9 Å². The van der Waals surface area contributed by atoms with E-state index in [-0.39, 0.29) is 0 Å². The molecule has 4 heteroatoms. The number of para-hydroxylation sites is 1. The van der Waals surface area contributed by atoms with E-state index in [0.29, 0.717) is 0 Å². The van der Waals surface area contributed by atoms with Gasteiger partial charge in [0.05, 0.1) is 11.2 Å². The highest BCUT2D eigenvalue weighted by atomic mass is 127. The Hall–Kier alpha value is -3.22. The number of benzene rings is 4. The summed E-state index contributed by atoms with van der Waals surface area (Å²) in [7, 11) is 1.74. The van der Waals surface area contributed by atoms with Crippen LogP contribution in [0.1, 0.15) is 0 Å². The number of hydrogen-bond donors (Lipinski definition) is 0. The van der Waals surface area contributed by atoms with Gasteiger partial charge in [-0.2, -0.15) is 0 Å². The summed E-state index contributed by atoms with van der Waals surface area (Å²) < 4.78 is 0. The van der Waals surface area contributed by atoms with Gasteiger partial charge in [-0.1, -0.05) is 69.6 Å². The lowest BCUT2D eigenvalue weighted by Crippen LogP contribution is -1.87. The first kappa shape index (κ1) is 21.3. The fourth-order valence-corrected chi connectivity index (χ4v) is 5.37. The van der Waals surface area contributed by atoms with Crippen LogP contribution in [0.5, 0.6) is 0 Å². The van der Waals surface area contributed by atoms with Gasteiger partial charge in [-0.15, -0.1) is 0 Å². The maximum atomic E-state index is 4.75. The lowest BCUT2D eigenvalue weighted by molar-refractivity contribution is 1.31. The molecule has 2 aromatic heterocycles. The third-order valence-corrected chi connectivity index (χ3v) is 8.08. The normalized spacial score (nSPS) is 11.2. The summed E-state index contributed by atoms with van der Waals surface area (Å²) in [6.45, 7) is 0. The molecule has 0 atom stereocenters. The van der Waals surface area contributed by atoms with Crippen molar-refractivity contribution < 1.29 is 0 Å². The molecule has 0 spiro atoms. The van der Waals surface area contributed by atoms with Crippen LogP contribution in [-0.4, -0.2) is 9.97 Å². The lowest BCUT2D eigenvalue weighted by Gasteiger charge is -2.08. The van der Waals surface area contributed by atoms with Crippen molar-refractivity contribution >= 4 is 51.8 Å². The highest BCUT2D eigenvalue weighted by molar-refractivity contribution is 14.2. The zero-order chi connectivity index (χ0) is 22.9. The van der Waals surface area contributed by atoms with Crippen molar-refractivity contribution in [1.29, 1.82) is 0 Å². The smallest absolute Gasteiger partial charge is 0.0718 e. The topological polar surface area (TPSA) is 25.8 Å².